The standard InChI is InChI=1S/C13H15BrN2O3/c1-19-13(18)9-3-2-4-16(8-9)12(17)10-5-11(14)7-15-6-10/h5-7,9H,2-4,8H2,1H3. The monoisotopic (exact) mass is 326 g/mol. The van der Waals surface area contributed by atoms with Crippen molar-refractivity contribution in [3.63, 3.8) is 0 Å². The Bertz CT molecular complexity index is 493. The molecule has 1 atom stereocenters. The normalized spacial score (nSPS) is 19.1. The highest BCUT2D eigenvalue weighted by Gasteiger charge is 2.29. The van der Waals surface area contributed by atoms with Crippen LogP contribution in [-0.2, 0) is 9.53 Å². The molecule has 19 heavy (non-hydrogen) atoms. The van der Waals surface area contributed by atoms with Crippen molar-refractivity contribution in [3.05, 3.63) is 28.5 Å². The number of hydrogen-bond acceptors (Lipinski definition) is 4. The van der Waals surface area contributed by atoms with Crippen LogP contribution in [0.5, 0.6) is 0 Å². The molecule has 1 amide bonds. The van der Waals surface area contributed by atoms with Crippen LogP contribution in [0.3, 0.4) is 0 Å². The second-order valence-electron chi connectivity index (χ2n) is 4.51. The molecular weight excluding hydrogens is 312 g/mol. The fraction of sp³-hybridized carbons (Fsp3) is 0.462. The van der Waals surface area contributed by atoms with Crippen molar-refractivity contribution in [1.82, 2.24) is 9.88 Å². The molecule has 6 heteroatoms. The molecule has 1 aromatic heterocycles. The number of methoxy groups -OCH3 is 1. The topological polar surface area (TPSA) is 59.5 Å². The molecule has 0 aromatic carbocycles. The highest BCUT2D eigenvalue weighted by atomic mass is 79.9. The van der Waals surface area contributed by atoms with Gasteiger partial charge in [0, 0.05) is 30.0 Å². The first-order valence-electron chi connectivity index (χ1n) is 6.09. The van der Waals surface area contributed by atoms with Gasteiger partial charge in [-0.05, 0) is 34.8 Å². The number of piperidine rings is 1. The molecule has 1 saturated heterocycles. The van der Waals surface area contributed by atoms with Crippen molar-refractivity contribution in [2.45, 2.75) is 12.8 Å². The fourth-order valence-corrected chi connectivity index (χ4v) is 2.60. The van der Waals surface area contributed by atoms with E-state index in [-0.39, 0.29) is 17.8 Å². The predicted molar refractivity (Wildman–Crippen MR) is 72.6 cm³/mol. The van der Waals surface area contributed by atoms with Gasteiger partial charge in [0.1, 0.15) is 0 Å². The smallest absolute Gasteiger partial charge is 0.310 e. The minimum absolute atomic E-state index is 0.0950. The summed E-state index contributed by atoms with van der Waals surface area (Å²) in [7, 11) is 1.38. The number of ether oxygens (including phenoxy) is 1. The molecule has 0 aliphatic carbocycles. The van der Waals surface area contributed by atoms with Gasteiger partial charge in [0.05, 0.1) is 18.6 Å². The van der Waals surface area contributed by atoms with Gasteiger partial charge in [-0.1, -0.05) is 0 Å². The van der Waals surface area contributed by atoms with E-state index in [0.29, 0.717) is 18.7 Å². The number of carbonyl (C=O) groups excluding carboxylic acids is 2. The Morgan fingerprint density at radius 1 is 1.47 bits per heavy atom. The van der Waals surface area contributed by atoms with Gasteiger partial charge in [-0.3, -0.25) is 14.6 Å². The fourth-order valence-electron chi connectivity index (χ4n) is 2.23. The molecule has 0 saturated carbocycles. The second kappa shape index (κ2) is 6.14. The maximum atomic E-state index is 12.3. The average molecular weight is 327 g/mol. The molecule has 0 spiro atoms. The zero-order chi connectivity index (χ0) is 13.8. The molecular formula is C13H15BrN2O3. The molecule has 0 bridgehead atoms. The molecule has 1 unspecified atom stereocenters. The summed E-state index contributed by atoms with van der Waals surface area (Å²) in [5, 5.41) is 0. The Balaban J connectivity index is 2.09. The number of halogens is 1. The van der Waals surface area contributed by atoms with Crippen molar-refractivity contribution < 1.29 is 14.3 Å². The van der Waals surface area contributed by atoms with Crippen molar-refractivity contribution in [1.29, 1.82) is 0 Å². The SMILES string of the molecule is COC(=O)C1CCCN(C(=O)c2cncc(Br)c2)C1. The summed E-state index contributed by atoms with van der Waals surface area (Å²) in [4.78, 5) is 29.5. The lowest BCUT2D eigenvalue weighted by atomic mass is 9.97. The van der Waals surface area contributed by atoms with E-state index < -0.39 is 0 Å². The Hall–Kier alpha value is -1.43. The molecule has 1 aromatic rings. The van der Waals surface area contributed by atoms with E-state index in [2.05, 4.69) is 20.9 Å². The number of amides is 1. The van der Waals surface area contributed by atoms with Crippen LogP contribution in [0, 0.1) is 5.92 Å². The van der Waals surface area contributed by atoms with Crippen molar-refractivity contribution in [2.24, 2.45) is 5.92 Å². The number of carbonyl (C=O) groups is 2. The molecule has 1 aliphatic heterocycles. The molecule has 0 N–H and O–H groups in total. The third-order valence-corrected chi connectivity index (χ3v) is 3.63. The molecule has 1 fully saturated rings. The lowest BCUT2D eigenvalue weighted by Crippen LogP contribution is -2.42. The minimum Gasteiger partial charge on any atom is -0.469 e. The average Bonchev–Trinajstić information content (AvgIpc) is 2.45. The first kappa shape index (κ1) is 14.0. The van der Waals surface area contributed by atoms with Crippen molar-refractivity contribution >= 4 is 27.8 Å². The Kier molecular flexibility index (Phi) is 4.52. The molecule has 1 aliphatic rings. The number of pyridine rings is 1. The van der Waals surface area contributed by atoms with Crippen LogP contribution in [0.1, 0.15) is 23.2 Å². The van der Waals surface area contributed by atoms with E-state index in [0.717, 1.165) is 17.3 Å². The van der Waals surface area contributed by atoms with Gasteiger partial charge >= 0.3 is 5.97 Å². The zero-order valence-corrected chi connectivity index (χ0v) is 12.2. The summed E-state index contributed by atoms with van der Waals surface area (Å²) in [6.07, 6.45) is 4.75. The first-order chi connectivity index (χ1) is 9.11. The molecule has 2 rings (SSSR count). The van der Waals surface area contributed by atoms with E-state index in [4.69, 9.17) is 4.74 Å². The number of nitrogens with zero attached hydrogens (tertiary/aromatic N) is 2. The third-order valence-electron chi connectivity index (χ3n) is 3.19. The quantitative estimate of drug-likeness (QED) is 0.778. The van der Waals surface area contributed by atoms with E-state index in [1.54, 1.807) is 17.2 Å². The van der Waals surface area contributed by atoms with Crippen molar-refractivity contribution in [2.75, 3.05) is 20.2 Å². The third kappa shape index (κ3) is 3.32. The van der Waals surface area contributed by atoms with Gasteiger partial charge in [-0.2, -0.15) is 0 Å². The van der Waals surface area contributed by atoms with Gasteiger partial charge in [0.25, 0.3) is 5.91 Å². The van der Waals surface area contributed by atoms with Gasteiger partial charge in [0.2, 0.25) is 0 Å². The Labute approximate surface area is 120 Å². The largest absolute Gasteiger partial charge is 0.469 e. The van der Waals surface area contributed by atoms with Crippen LogP contribution in [0.4, 0.5) is 0 Å². The maximum Gasteiger partial charge on any atom is 0.310 e. The second-order valence-corrected chi connectivity index (χ2v) is 5.42. The zero-order valence-electron chi connectivity index (χ0n) is 10.6. The summed E-state index contributed by atoms with van der Waals surface area (Å²) in [5.41, 5.74) is 0.528. The van der Waals surface area contributed by atoms with E-state index in [1.165, 1.54) is 13.3 Å². The number of esters is 1. The van der Waals surface area contributed by atoms with Crippen LogP contribution in [0.2, 0.25) is 0 Å². The summed E-state index contributed by atoms with van der Waals surface area (Å²) in [6, 6.07) is 1.73. The van der Waals surface area contributed by atoms with Gasteiger partial charge < -0.3 is 9.64 Å². The lowest BCUT2D eigenvalue weighted by molar-refractivity contribution is -0.146. The van der Waals surface area contributed by atoms with Gasteiger partial charge in [-0.25, -0.2) is 0 Å². The Morgan fingerprint density at radius 2 is 2.26 bits per heavy atom. The van der Waals surface area contributed by atoms with Crippen LogP contribution >= 0.6 is 15.9 Å². The molecule has 0 radical (unpaired) electrons. The van der Waals surface area contributed by atoms with Gasteiger partial charge in [-0.15, -0.1) is 0 Å². The summed E-state index contributed by atoms with van der Waals surface area (Å²) in [6.45, 7) is 1.08. The first-order valence-corrected chi connectivity index (χ1v) is 6.88. The number of rotatable bonds is 2. The maximum absolute atomic E-state index is 12.3. The van der Waals surface area contributed by atoms with Crippen LogP contribution in [0.25, 0.3) is 0 Å². The van der Waals surface area contributed by atoms with E-state index >= 15 is 0 Å². The minimum atomic E-state index is -0.245. The van der Waals surface area contributed by atoms with E-state index in [9.17, 15) is 9.59 Å². The van der Waals surface area contributed by atoms with Crippen LogP contribution in [-0.4, -0.2) is 42.0 Å². The van der Waals surface area contributed by atoms with Crippen LogP contribution in [0.15, 0.2) is 22.9 Å². The molecule has 5 nitrogen and oxygen atoms in total. The van der Waals surface area contributed by atoms with Gasteiger partial charge in [0.15, 0.2) is 0 Å². The number of aromatic nitrogens is 1. The molecule has 2 heterocycles. The highest BCUT2D eigenvalue weighted by Crippen LogP contribution is 2.20. The predicted octanol–water partition coefficient (Wildman–Crippen LogP) is 1.87. The lowest BCUT2D eigenvalue weighted by Gasteiger charge is -2.31. The Morgan fingerprint density at radius 3 is 2.95 bits per heavy atom. The number of likely N-dealkylation sites (tertiary alicyclic amines) is 1. The highest BCUT2D eigenvalue weighted by molar-refractivity contribution is 9.10. The molecule has 102 valence electrons. The summed E-state index contributed by atoms with van der Waals surface area (Å²) in [5.74, 6) is -0.560. The van der Waals surface area contributed by atoms with Crippen molar-refractivity contribution in [3.8, 4) is 0 Å². The van der Waals surface area contributed by atoms with Crippen LogP contribution < -0.4 is 0 Å². The summed E-state index contributed by atoms with van der Waals surface area (Å²) >= 11 is 3.29. The number of hydrogen-bond donors (Lipinski definition) is 0. The summed E-state index contributed by atoms with van der Waals surface area (Å²) < 4.78 is 5.51. The van der Waals surface area contributed by atoms with E-state index in [1.807, 2.05) is 0 Å².